The van der Waals surface area contributed by atoms with Gasteiger partial charge in [-0.15, -0.1) is 0 Å². The van der Waals surface area contributed by atoms with Crippen molar-refractivity contribution in [2.75, 3.05) is 13.7 Å². The van der Waals surface area contributed by atoms with Gasteiger partial charge in [-0.05, 0) is 44.0 Å². The fourth-order valence-electron chi connectivity index (χ4n) is 3.02. The fourth-order valence-corrected chi connectivity index (χ4v) is 3.91. The molecule has 0 radical (unpaired) electrons. The number of benzene rings is 2. The van der Waals surface area contributed by atoms with Gasteiger partial charge in [-0.25, -0.2) is 0 Å². The highest BCUT2D eigenvalue weighted by Gasteiger charge is 2.41. The largest absolute Gasteiger partial charge is 0.507 e. The van der Waals surface area contributed by atoms with Crippen LogP contribution in [-0.2, 0) is 0 Å². The second-order valence-corrected chi connectivity index (χ2v) is 7.03. The van der Waals surface area contributed by atoms with Gasteiger partial charge in [0, 0.05) is 23.3 Å². The number of fused-ring (bicyclic) bond motifs is 5. The molecule has 2 aromatic rings. The van der Waals surface area contributed by atoms with Crippen molar-refractivity contribution in [1.29, 1.82) is 0 Å². The molecular weight excluding hydrogens is 416 g/mol. The maximum atomic E-state index is 9.80. The molecule has 0 aromatic heterocycles. The third-order valence-electron chi connectivity index (χ3n) is 4.11. The maximum absolute atomic E-state index is 9.80. The van der Waals surface area contributed by atoms with Gasteiger partial charge < -0.3 is 19.3 Å². The summed E-state index contributed by atoms with van der Waals surface area (Å²) in [4.78, 5) is 0. The summed E-state index contributed by atoms with van der Waals surface area (Å²) >= 11 is 6.87. The number of hydrogen-bond donors (Lipinski definition) is 1. The molecule has 0 unspecified atom stereocenters. The minimum Gasteiger partial charge on any atom is -0.507 e. The third kappa shape index (κ3) is 2.01. The number of methoxy groups -OCH3 is 1. The molecule has 4 nitrogen and oxygen atoms in total. The lowest BCUT2D eigenvalue weighted by atomic mass is 9.89. The summed E-state index contributed by atoms with van der Waals surface area (Å²) in [5.41, 5.74) is 2.04. The van der Waals surface area contributed by atoms with E-state index in [0.717, 1.165) is 27.1 Å². The van der Waals surface area contributed by atoms with Gasteiger partial charge in [-0.3, -0.25) is 0 Å². The standard InChI is InChI=1S/C16H12Br2O4/c1-20-15-5-14-7(2-11(15)18)9-6-21-13-4-12(19)10(17)3-8(13)16(9)22-14/h2-5,9,16,19H,6H2,1H3/t9-,16-/m1/s1. The zero-order valence-electron chi connectivity index (χ0n) is 11.6. The Morgan fingerprint density at radius 2 is 1.86 bits per heavy atom. The first-order valence-electron chi connectivity index (χ1n) is 6.77. The van der Waals surface area contributed by atoms with E-state index in [-0.39, 0.29) is 17.8 Å². The van der Waals surface area contributed by atoms with Crippen molar-refractivity contribution < 1.29 is 19.3 Å². The van der Waals surface area contributed by atoms with Gasteiger partial charge in [0.15, 0.2) is 0 Å². The lowest BCUT2D eigenvalue weighted by Gasteiger charge is -2.28. The number of halogens is 2. The van der Waals surface area contributed by atoms with Crippen molar-refractivity contribution in [3.63, 3.8) is 0 Å². The minimum absolute atomic E-state index is 0.116. The molecule has 0 saturated heterocycles. The van der Waals surface area contributed by atoms with Gasteiger partial charge in [0.2, 0.25) is 0 Å². The van der Waals surface area contributed by atoms with Crippen LogP contribution in [0.4, 0.5) is 0 Å². The number of ether oxygens (including phenoxy) is 3. The topological polar surface area (TPSA) is 47.9 Å². The van der Waals surface area contributed by atoms with Gasteiger partial charge >= 0.3 is 0 Å². The van der Waals surface area contributed by atoms with E-state index in [1.165, 1.54) is 0 Å². The smallest absolute Gasteiger partial charge is 0.138 e. The number of aromatic hydroxyl groups is 1. The predicted molar refractivity (Wildman–Crippen MR) is 88.1 cm³/mol. The molecule has 0 fully saturated rings. The molecule has 0 bridgehead atoms. The van der Waals surface area contributed by atoms with E-state index in [1.807, 2.05) is 18.2 Å². The molecule has 2 atom stereocenters. The molecule has 0 amide bonds. The van der Waals surface area contributed by atoms with E-state index in [1.54, 1.807) is 13.2 Å². The zero-order valence-corrected chi connectivity index (χ0v) is 14.8. The molecule has 6 heteroatoms. The first-order valence-corrected chi connectivity index (χ1v) is 8.36. The number of phenols is 1. The quantitative estimate of drug-likeness (QED) is 0.725. The Labute approximate surface area is 144 Å². The Hall–Kier alpha value is -1.40. The second-order valence-electron chi connectivity index (χ2n) is 5.32. The summed E-state index contributed by atoms with van der Waals surface area (Å²) in [6.07, 6.45) is -0.116. The van der Waals surface area contributed by atoms with E-state index in [0.29, 0.717) is 16.8 Å². The van der Waals surface area contributed by atoms with E-state index >= 15 is 0 Å². The van der Waals surface area contributed by atoms with Crippen molar-refractivity contribution in [1.82, 2.24) is 0 Å². The highest BCUT2D eigenvalue weighted by Crippen LogP contribution is 2.54. The molecule has 114 valence electrons. The van der Waals surface area contributed by atoms with Crippen molar-refractivity contribution in [2.45, 2.75) is 12.0 Å². The summed E-state index contributed by atoms with van der Waals surface area (Å²) < 4.78 is 18.8. The third-order valence-corrected chi connectivity index (χ3v) is 5.36. The SMILES string of the molecule is COc1cc2c(cc1Br)[C@H]1COc3cc(O)c(Br)cc3[C@H]1O2. The van der Waals surface area contributed by atoms with Gasteiger partial charge in [0.25, 0.3) is 0 Å². The van der Waals surface area contributed by atoms with Crippen LogP contribution in [0.25, 0.3) is 0 Å². The van der Waals surface area contributed by atoms with Gasteiger partial charge in [0.05, 0.1) is 28.6 Å². The van der Waals surface area contributed by atoms with E-state index < -0.39 is 0 Å². The molecule has 0 spiro atoms. The normalized spacial score (nSPS) is 21.2. The number of phenolic OH excluding ortho intramolecular Hbond substituents is 1. The van der Waals surface area contributed by atoms with Crippen LogP contribution in [0.1, 0.15) is 23.1 Å². The zero-order chi connectivity index (χ0) is 15.4. The Balaban J connectivity index is 1.81. The fraction of sp³-hybridized carbons (Fsp3) is 0.250. The monoisotopic (exact) mass is 426 g/mol. The molecule has 2 aromatic carbocycles. The molecule has 0 aliphatic carbocycles. The van der Waals surface area contributed by atoms with Crippen LogP contribution >= 0.6 is 31.9 Å². The highest BCUT2D eigenvalue weighted by atomic mass is 79.9. The molecule has 1 N–H and O–H groups in total. The summed E-state index contributed by atoms with van der Waals surface area (Å²) in [5, 5.41) is 9.80. The molecule has 2 heterocycles. The van der Waals surface area contributed by atoms with Crippen molar-refractivity contribution in [3.05, 3.63) is 44.3 Å². The summed E-state index contributed by atoms with van der Waals surface area (Å²) in [5.74, 6) is 2.51. The van der Waals surface area contributed by atoms with Crippen LogP contribution < -0.4 is 14.2 Å². The molecule has 0 saturated carbocycles. The van der Waals surface area contributed by atoms with Crippen LogP contribution in [-0.4, -0.2) is 18.8 Å². The van der Waals surface area contributed by atoms with Crippen LogP contribution in [0, 0.1) is 0 Å². The summed E-state index contributed by atoms with van der Waals surface area (Å²) in [7, 11) is 1.63. The summed E-state index contributed by atoms with van der Waals surface area (Å²) in [6, 6.07) is 7.41. The van der Waals surface area contributed by atoms with Crippen molar-refractivity contribution >= 4 is 31.9 Å². The second kappa shape index (κ2) is 5.06. The van der Waals surface area contributed by atoms with Crippen LogP contribution in [0.2, 0.25) is 0 Å². The van der Waals surface area contributed by atoms with Crippen LogP contribution in [0.15, 0.2) is 33.2 Å². The van der Waals surface area contributed by atoms with Crippen molar-refractivity contribution in [3.8, 4) is 23.0 Å². The maximum Gasteiger partial charge on any atom is 0.138 e. The molecular formula is C16H12Br2O4. The van der Waals surface area contributed by atoms with Gasteiger partial charge in [-0.1, -0.05) is 0 Å². The average Bonchev–Trinajstić information content (AvgIpc) is 2.85. The average molecular weight is 428 g/mol. The highest BCUT2D eigenvalue weighted by molar-refractivity contribution is 9.10. The molecule has 2 aliphatic heterocycles. The van der Waals surface area contributed by atoms with Crippen LogP contribution in [0.3, 0.4) is 0 Å². The summed E-state index contributed by atoms with van der Waals surface area (Å²) in [6.45, 7) is 0.518. The van der Waals surface area contributed by atoms with E-state index in [4.69, 9.17) is 14.2 Å². The predicted octanol–water partition coefficient (Wildman–Crippen LogP) is 4.54. The Morgan fingerprint density at radius 3 is 2.64 bits per heavy atom. The van der Waals surface area contributed by atoms with E-state index in [9.17, 15) is 5.11 Å². The van der Waals surface area contributed by atoms with E-state index in [2.05, 4.69) is 31.9 Å². The first kappa shape index (κ1) is 14.2. The Kier molecular flexibility index (Phi) is 3.27. The number of hydrogen-bond acceptors (Lipinski definition) is 4. The minimum atomic E-state index is -0.116. The lowest BCUT2D eigenvalue weighted by molar-refractivity contribution is 0.139. The van der Waals surface area contributed by atoms with Crippen molar-refractivity contribution in [2.24, 2.45) is 0 Å². The number of rotatable bonds is 1. The molecule has 2 aliphatic rings. The lowest BCUT2D eigenvalue weighted by Crippen LogP contribution is -2.23. The Morgan fingerprint density at radius 1 is 1.09 bits per heavy atom. The first-order chi connectivity index (χ1) is 10.6. The van der Waals surface area contributed by atoms with Crippen LogP contribution in [0.5, 0.6) is 23.0 Å². The van der Waals surface area contributed by atoms with Gasteiger partial charge in [-0.2, -0.15) is 0 Å². The molecule has 22 heavy (non-hydrogen) atoms. The molecule has 4 rings (SSSR count). The Bertz CT molecular complexity index is 775. The van der Waals surface area contributed by atoms with Gasteiger partial charge in [0.1, 0.15) is 29.1 Å².